The van der Waals surface area contributed by atoms with Crippen LogP contribution in [0.2, 0.25) is 0 Å². The van der Waals surface area contributed by atoms with E-state index in [0.29, 0.717) is 25.0 Å². The van der Waals surface area contributed by atoms with E-state index in [4.69, 9.17) is 9.57 Å². The van der Waals surface area contributed by atoms with Gasteiger partial charge in [0.1, 0.15) is 13.6 Å². The van der Waals surface area contributed by atoms with E-state index in [1.165, 1.54) is 22.3 Å². The summed E-state index contributed by atoms with van der Waals surface area (Å²) in [5, 5.41) is 0. The number of fused-ring (bicyclic) bond motifs is 1. The Labute approximate surface area is 217 Å². The fourth-order valence-corrected chi connectivity index (χ4v) is 3.91. The van der Waals surface area contributed by atoms with Crippen LogP contribution in [0, 0.1) is 0 Å². The Hall–Kier alpha value is -3.02. The summed E-state index contributed by atoms with van der Waals surface area (Å²) in [6, 6.07) is 3.63. The average molecular weight is 496 g/mol. The predicted molar refractivity (Wildman–Crippen MR) is 148 cm³/mol. The van der Waals surface area contributed by atoms with E-state index in [-0.39, 0.29) is 0 Å². The minimum Gasteiger partial charge on any atom is -0.438 e. The topological polar surface area (TPSA) is 62.3 Å². The van der Waals surface area contributed by atoms with Crippen molar-refractivity contribution in [1.82, 2.24) is 9.97 Å². The van der Waals surface area contributed by atoms with Gasteiger partial charge in [-0.2, -0.15) is 0 Å². The van der Waals surface area contributed by atoms with Crippen LogP contribution in [0.25, 0.3) is 0 Å². The van der Waals surface area contributed by atoms with E-state index in [0.717, 1.165) is 50.0 Å². The maximum atomic E-state index is 5.51. The first-order chi connectivity index (χ1) is 17.2. The molecule has 0 bridgehead atoms. The number of rotatable bonds is 15. The van der Waals surface area contributed by atoms with Crippen LogP contribution in [0.5, 0.6) is 6.01 Å². The van der Waals surface area contributed by atoms with Crippen molar-refractivity contribution in [3.05, 3.63) is 46.6 Å². The van der Waals surface area contributed by atoms with Gasteiger partial charge in [-0.15, -0.1) is 14.1 Å². The van der Waals surface area contributed by atoms with Crippen molar-refractivity contribution in [2.45, 2.75) is 80.1 Å². The van der Waals surface area contributed by atoms with Gasteiger partial charge >= 0.3 is 23.5 Å². The van der Waals surface area contributed by atoms with E-state index in [2.05, 4.69) is 80.4 Å². The smallest absolute Gasteiger partial charge is 0.438 e. The number of nitrogens with zero attached hydrogens (tertiary/aromatic N) is 4. The highest BCUT2D eigenvalue weighted by atomic mass is 16.6. The quantitative estimate of drug-likeness (QED) is 0.160. The third-order valence-corrected chi connectivity index (χ3v) is 5.95. The molecule has 1 aromatic rings. The van der Waals surface area contributed by atoms with Crippen LogP contribution < -0.4 is 10.2 Å². The number of allylic oxidation sites excluding steroid dienone is 7. The molecule has 0 saturated carbocycles. The number of anilines is 1. The van der Waals surface area contributed by atoms with Crippen LogP contribution in [0.15, 0.2) is 46.6 Å². The predicted octanol–water partition coefficient (Wildman–Crippen LogP) is 7.10. The summed E-state index contributed by atoms with van der Waals surface area (Å²) < 4.78 is 9.37. The van der Waals surface area contributed by atoms with E-state index in [9.17, 15) is 0 Å². The van der Waals surface area contributed by atoms with E-state index >= 15 is 0 Å². The zero-order chi connectivity index (χ0) is 26.5. The summed E-state index contributed by atoms with van der Waals surface area (Å²) in [4.78, 5) is 14.1. The Kier molecular flexibility index (Phi) is 12.3. The van der Waals surface area contributed by atoms with E-state index < -0.39 is 0 Å². The van der Waals surface area contributed by atoms with Crippen molar-refractivity contribution < 1.29 is 18.7 Å². The Morgan fingerprint density at radius 3 is 2.03 bits per heavy atom. The molecule has 2 heterocycles. The first-order valence-electron chi connectivity index (χ1n) is 13.0. The Bertz CT molecular complexity index is 1090. The molecule has 1 N–H and O–H groups in total. The molecule has 0 amide bonds. The molecule has 1 aliphatic heterocycles. The lowest BCUT2D eigenvalue weighted by atomic mass is 10.0. The molecular weight excluding hydrogens is 450 g/mol. The van der Waals surface area contributed by atoms with Gasteiger partial charge in [0, 0.05) is 0 Å². The standard InChI is InChI=1S/C29H45N5O2/c1-9-36-29-30-27(32-35-8)26-28(31-29)33(7)21-34(26)20-19-25(6)18-12-17-24(5)16-11-15-23(4)14-10-13-22(2)3/h13,15,17,19H,9-12,14,16,18,20H2,1-8H3,(H,30,31,32)/q+2/b23-15+,24-17+,25-19+. The van der Waals surface area contributed by atoms with Gasteiger partial charge in [0.2, 0.25) is 5.82 Å². The fourth-order valence-electron chi connectivity index (χ4n) is 3.91. The van der Waals surface area contributed by atoms with Crippen molar-refractivity contribution in [3.8, 4) is 6.01 Å². The lowest BCUT2D eigenvalue weighted by Crippen LogP contribution is -2.10. The molecule has 0 atom stereocenters. The summed E-state index contributed by atoms with van der Waals surface area (Å²) in [6.45, 7) is 14.1. The summed E-state index contributed by atoms with van der Waals surface area (Å²) in [6.07, 6.45) is 16.0. The van der Waals surface area contributed by atoms with Crippen LogP contribution in [0.4, 0.5) is 17.3 Å². The van der Waals surface area contributed by atoms with Gasteiger partial charge in [0.05, 0.1) is 18.7 Å². The first kappa shape index (κ1) is 29.2. The fraction of sp³-hybridized carbons (Fsp3) is 0.552. The molecule has 0 aliphatic carbocycles. The Morgan fingerprint density at radius 1 is 0.889 bits per heavy atom. The normalized spacial score (nSPS) is 13.8. The zero-order valence-electron chi connectivity index (χ0n) is 23.6. The molecule has 0 aromatic carbocycles. The van der Waals surface area contributed by atoms with Gasteiger partial charge < -0.3 is 4.74 Å². The summed E-state index contributed by atoms with van der Waals surface area (Å²) in [5.41, 5.74) is 9.38. The van der Waals surface area contributed by atoms with Crippen molar-refractivity contribution in [2.24, 2.45) is 0 Å². The van der Waals surface area contributed by atoms with Crippen molar-refractivity contribution in [2.75, 3.05) is 32.8 Å². The van der Waals surface area contributed by atoms with Crippen LogP contribution in [-0.4, -0.2) is 52.4 Å². The molecular formula is C29H45N5O2+2. The van der Waals surface area contributed by atoms with Crippen LogP contribution in [0.3, 0.4) is 0 Å². The highest BCUT2D eigenvalue weighted by molar-refractivity contribution is 5.68. The van der Waals surface area contributed by atoms with Gasteiger partial charge in [-0.05, 0) is 86.1 Å². The molecule has 36 heavy (non-hydrogen) atoms. The number of hydrogen-bond acceptors (Lipinski definition) is 5. The molecule has 1 aromatic heterocycles. The molecule has 2 rings (SSSR count). The summed E-state index contributed by atoms with van der Waals surface area (Å²) in [5.74, 6) is 1.30. The summed E-state index contributed by atoms with van der Waals surface area (Å²) in [7, 11) is 3.48. The Morgan fingerprint density at radius 2 is 1.47 bits per heavy atom. The van der Waals surface area contributed by atoms with Crippen LogP contribution in [-0.2, 0) is 4.84 Å². The molecule has 1 aliphatic rings. The van der Waals surface area contributed by atoms with E-state index in [1.54, 1.807) is 7.11 Å². The highest BCUT2D eigenvalue weighted by Crippen LogP contribution is 2.35. The van der Waals surface area contributed by atoms with Gasteiger partial charge in [0.25, 0.3) is 0 Å². The van der Waals surface area contributed by atoms with Crippen LogP contribution >= 0.6 is 0 Å². The maximum absolute atomic E-state index is 5.51. The molecule has 0 fully saturated rings. The Balaban J connectivity index is 1.90. The lowest BCUT2D eigenvalue weighted by Gasteiger charge is -2.05. The maximum Gasteiger partial charge on any atom is 0.475 e. The zero-order valence-corrected chi connectivity index (χ0v) is 23.6. The average Bonchev–Trinajstić information content (AvgIpc) is 3.13. The monoisotopic (exact) mass is 495 g/mol. The van der Waals surface area contributed by atoms with Gasteiger partial charge in [0.15, 0.2) is 0 Å². The third-order valence-electron chi connectivity index (χ3n) is 5.95. The second-order valence-electron chi connectivity index (χ2n) is 9.58. The highest BCUT2D eigenvalue weighted by Gasteiger charge is 2.38. The largest absolute Gasteiger partial charge is 0.475 e. The number of hydrogen-bond donors (Lipinski definition) is 1. The van der Waals surface area contributed by atoms with Crippen molar-refractivity contribution in [3.63, 3.8) is 0 Å². The molecule has 7 heteroatoms. The molecule has 7 nitrogen and oxygen atoms in total. The number of aromatic nitrogens is 2. The molecule has 0 unspecified atom stereocenters. The van der Waals surface area contributed by atoms with E-state index in [1.807, 2.05) is 23.1 Å². The van der Waals surface area contributed by atoms with Gasteiger partial charge in [-0.25, -0.2) is 5.48 Å². The molecule has 0 radical (unpaired) electrons. The first-order valence-corrected chi connectivity index (χ1v) is 13.0. The van der Waals surface area contributed by atoms with Crippen molar-refractivity contribution in [1.29, 1.82) is 0 Å². The lowest BCUT2D eigenvalue weighted by molar-refractivity contribution is -0.446. The summed E-state index contributed by atoms with van der Waals surface area (Å²) >= 11 is 0. The molecule has 0 saturated heterocycles. The molecule has 196 valence electrons. The minimum atomic E-state index is 0.314. The number of nitrogens with one attached hydrogen (secondary N) is 1. The second-order valence-corrected chi connectivity index (χ2v) is 9.58. The third kappa shape index (κ3) is 9.56. The van der Waals surface area contributed by atoms with Crippen LogP contribution in [0.1, 0.15) is 80.1 Å². The second kappa shape index (κ2) is 15.2. The minimum absolute atomic E-state index is 0.314. The van der Waals surface area contributed by atoms with Gasteiger partial charge in [-0.3, -0.25) is 4.84 Å². The number of ether oxygens (including phenoxy) is 1. The molecule has 0 spiro atoms. The van der Waals surface area contributed by atoms with Gasteiger partial charge in [-0.1, -0.05) is 40.5 Å². The SMILES string of the molecule is CCOc1nc(NOC)c2c(n1)[N+](C)=C=[N+]2C/C=C(\C)CC/C=C(\C)CC/C=C(\C)CCC=C(C)C. The van der Waals surface area contributed by atoms with Crippen molar-refractivity contribution >= 4 is 23.3 Å².